The summed E-state index contributed by atoms with van der Waals surface area (Å²) < 4.78 is 6.87. The maximum atomic E-state index is 6.87. The summed E-state index contributed by atoms with van der Waals surface area (Å²) in [5, 5.41) is 4.24. The molecule has 0 unspecified atom stereocenters. The molecular weight excluding hydrogens is 661 g/mol. The van der Waals surface area contributed by atoms with Gasteiger partial charge in [0.25, 0.3) is 0 Å². The number of rotatable bonds is 7. The molecule has 0 aliphatic rings. The highest BCUT2D eigenvalue weighted by atomic mass is 16.3. The third-order valence-corrected chi connectivity index (χ3v) is 9.89. The third-order valence-electron chi connectivity index (χ3n) is 9.89. The van der Waals surface area contributed by atoms with E-state index < -0.39 is 0 Å². The lowest BCUT2D eigenvalue weighted by molar-refractivity contribution is 0.670. The number of aromatic nitrogens is 3. The fourth-order valence-corrected chi connectivity index (χ4v) is 7.30. The second kappa shape index (κ2) is 13.3. The predicted molar refractivity (Wildman–Crippen MR) is 221 cm³/mol. The van der Waals surface area contributed by atoms with Crippen LogP contribution < -0.4 is 4.90 Å². The topological polar surface area (TPSA) is 55.1 Å². The number of benzene rings is 8. The summed E-state index contributed by atoms with van der Waals surface area (Å²) >= 11 is 0. The highest BCUT2D eigenvalue weighted by Gasteiger charge is 2.22. The Bertz CT molecular complexity index is 2810. The molecule has 10 aromatic rings. The molecule has 8 aromatic carbocycles. The first kappa shape index (κ1) is 31.4. The number of furan rings is 1. The van der Waals surface area contributed by atoms with E-state index in [1.165, 1.54) is 0 Å². The van der Waals surface area contributed by atoms with Crippen molar-refractivity contribution in [2.75, 3.05) is 4.90 Å². The van der Waals surface area contributed by atoms with Gasteiger partial charge in [-0.25, -0.2) is 15.0 Å². The first-order valence-electron chi connectivity index (χ1n) is 18.0. The Labute approximate surface area is 312 Å². The van der Waals surface area contributed by atoms with Crippen LogP contribution in [0.25, 0.3) is 78.0 Å². The van der Waals surface area contributed by atoms with Crippen LogP contribution in [0.2, 0.25) is 0 Å². The van der Waals surface area contributed by atoms with Gasteiger partial charge in [0.05, 0.1) is 0 Å². The van der Waals surface area contributed by atoms with Crippen molar-refractivity contribution in [3.05, 3.63) is 194 Å². The maximum absolute atomic E-state index is 6.87. The summed E-state index contributed by atoms with van der Waals surface area (Å²) in [5.74, 6) is 1.82. The standard InChI is InChI=1S/C49H32N4O/c1-5-15-34(16-6-1)47-50-48(35-17-7-2-8-18-35)52-49(51-47)42-30-29-41(46-45(42)43-31-36-19-13-14-20-37(36)32-44(43)54-46)33-25-27-40(28-26-33)53(38-21-9-3-10-22-38)39-23-11-4-12-24-39/h1-32H. The minimum absolute atomic E-state index is 0.590. The summed E-state index contributed by atoms with van der Waals surface area (Å²) in [6.07, 6.45) is 0. The molecule has 0 bridgehead atoms. The van der Waals surface area contributed by atoms with Gasteiger partial charge in [-0.05, 0) is 77.0 Å². The van der Waals surface area contributed by atoms with Crippen molar-refractivity contribution in [3.63, 3.8) is 0 Å². The van der Waals surface area contributed by atoms with E-state index in [9.17, 15) is 0 Å². The van der Waals surface area contributed by atoms with Crippen molar-refractivity contribution in [2.45, 2.75) is 0 Å². The van der Waals surface area contributed by atoms with Gasteiger partial charge < -0.3 is 9.32 Å². The van der Waals surface area contributed by atoms with Gasteiger partial charge in [-0.2, -0.15) is 0 Å². The zero-order valence-corrected chi connectivity index (χ0v) is 29.2. The molecule has 254 valence electrons. The molecule has 0 saturated carbocycles. The van der Waals surface area contributed by atoms with Gasteiger partial charge in [0.1, 0.15) is 11.2 Å². The minimum Gasteiger partial charge on any atom is -0.455 e. The van der Waals surface area contributed by atoms with E-state index in [2.05, 4.69) is 126 Å². The number of hydrogen-bond donors (Lipinski definition) is 0. The van der Waals surface area contributed by atoms with Crippen molar-refractivity contribution < 1.29 is 4.42 Å². The average Bonchev–Trinajstić information content (AvgIpc) is 3.62. The molecular formula is C49H32N4O. The van der Waals surface area contributed by atoms with Gasteiger partial charge in [0, 0.05) is 50.1 Å². The van der Waals surface area contributed by atoms with E-state index in [1.54, 1.807) is 0 Å². The molecule has 10 rings (SSSR count). The smallest absolute Gasteiger partial charge is 0.164 e. The van der Waals surface area contributed by atoms with Crippen LogP contribution in [0.15, 0.2) is 199 Å². The fraction of sp³-hybridized carbons (Fsp3) is 0. The lowest BCUT2D eigenvalue weighted by atomic mass is 9.97. The van der Waals surface area contributed by atoms with Crippen LogP contribution in [0.5, 0.6) is 0 Å². The molecule has 0 N–H and O–H groups in total. The first-order valence-corrected chi connectivity index (χ1v) is 18.0. The lowest BCUT2D eigenvalue weighted by Crippen LogP contribution is -2.09. The van der Waals surface area contributed by atoms with Crippen LogP contribution in [0.1, 0.15) is 0 Å². The van der Waals surface area contributed by atoms with Gasteiger partial charge in [-0.3, -0.25) is 0 Å². The van der Waals surface area contributed by atoms with Crippen LogP contribution in [0.4, 0.5) is 17.1 Å². The number of para-hydroxylation sites is 2. The van der Waals surface area contributed by atoms with Gasteiger partial charge in [0.15, 0.2) is 17.5 Å². The second-order valence-corrected chi connectivity index (χ2v) is 13.3. The highest BCUT2D eigenvalue weighted by molar-refractivity contribution is 6.18. The molecule has 5 heteroatoms. The van der Waals surface area contributed by atoms with Crippen molar-refractivity contribution in [1.82, 2.24) is 15.0 Å². The van der Waals surface area contributed by atoms with Crippen LogP contribution in [-0.2, 0) is 0 Å². The summed E-state index contributed by atoms with van der Waals surface area (Å²) in [6.45, 7) is 0. The van der Waals surface area contributed by atoms with E-state index in [1.807, 2.05) is 72.8 Å². The van der Waals surface area contributed by atoms with Crippen LogP contribution in [-0.4, -0.2) is 15.0 Å². The molecule has 0 fully saturated rings. The molecule has 2 heterocycles. The fourth-order valence-electron chi connectivity index (χ4n) is 7.30. The van der Waals surface area contributed by atoms with Crippen LogP contribution in [0, 0.1) is 0 Å². The van der Waals surface area contributed by atoms with E-state index in [0.717, 1.165) is 77.6 Å². The Morgan fingerprint density at radius 1 is 0.370 bits per heavy atom. The average molecular weight is 693 g/mol. The summed E-state index contributed by atoms with van der Waals surface area (Å²) in [5.41, 5.74) is 9.62. The molecule has 0 aliphatic heterocycles. The molecule has 0 atom stereocenters. The Balaban J connectivity index is 1.18. The molecule has 0 amide bonds. The monoisotopic (exact) mass is 692 g/mol. The Morgan fingerprint density at radius 2 is 0.833 bits per heavy atom. The predicted octanol–water partition coefficient (Wildman–Crippen LogP) is 13.1. The number of hydrogen-bond acceptors (Lipinski definition) is 5. The van der Waals surface area contributed by atoms with Crippen molar-refractivity contribution in [3.8, 4) is 45.3 Å². The summed E-state index contributed by atoms with van der Waals surface area (Å²) in [4.78, 5) is 17.5. The van der Waals surface area contributed by atoms with E-state index in [-0.39, 0.29) is 0 Å². The summed E-state index contributed by atoms with van der Waals surface area (Å²) in [6, 6.07) is 66.8. The Kier molecular flexibility index (Phi) is 7.73. The lowest BCUT2D eigenvalue weighted by Gasteiger charge is -2.25. The second-order valence-electron chi connectivity index (χ2n) is 13.3. The van der Waals surface area contributed by atoms with Gasteiger partial charge >= 0.3 is 0 Å². The van der Waals surface area contributed by atoms with E-state index >= 15 is 0 Å². The quantitative estimate of drug-likeness (QED) is 0.166. The SMILES string of the molecule is c1ccc(-c2nc(-c3ccccc3)nc(-c3ccc(-c4ccc(N(c5ccccc5)c5ccccc5)cc4)c4oc5cc6ccccc6cc5c34)n2)cc1. The van der Waals surface area contributed by atoms with Gasteiger partial charge in [-0.1, -0.05) is 133 Å². The Morgan fingerprint density at radius 3 is 1.41 bits per heavy atom. The Hall–Kier alpha value is -7.37. The molecule has 0 saturated heterocycles. The minimum atomic E-state index is 0.590. The normalized spacial score (nSPS) is 11.3. The van der Waals surface area contributed by atoms with Crippen molar-refractivity contribution in [1.29, 1.82) is 0 Å². The highest BCUT2D eigenvalue weighted by Crippen LogP contribution is 2.43. The zero-order valence-electron chi connectivity index (χ0n) is 29.2. The molecule has 2 aromatic heterocycles. The molecule has 0 radical (unpaired) electrons. The number of fused-ring (bicyclic) bond motifs is 4. The van der Waals surface area contributed by atoms with Crippen molar-refractivity contribution in [2.24, 2.45) is 0 Å². The van der Waals surface area contributed by atoms with Crippen LogP contribution >= 0.6 is 0 Å². The first-order chi connectivity index (χ1) is 26.8. The molecule has 0 aliphatic carbocycles. The summed E-state index contributed by atoms with van der Waals surface area (Å²) in [7, 11) is 0. The largest absolute Gasteiger partial charge is 0.455 e. The van der Waals surface area contributed by atoms with Gasteiger partial charge in [-0.15, -0.1) is 0 Å². The number of nitrogens with zero attached hydrogens (tertiary/aromatic N) is 4. The maximum Gasteiger partial charge on any atom is 0.164 e. The van der Waals surface area contributed by atoms with Gasteiger partial charge in [0.2, 0.25) is 0 Å². The third kappa shape index (κ3) is 5.65. The van der Waals surface area contributed by atoms with Crippen LogP contribution in [0.3, 0.4) is 0 Å². The van der Waals surface area contributed by atoms with E-state index in [4.69, 9.17) is 19.4 Å². The molecule has 54 heavy (non-hydrogen) atoms. The number of anilines is 3. The molecule has 0 spiro atoms. The zero-order chi connectivity index (χ0) is 35.8. The molecule has 5 nitrogen and oxygen atoms in total. The van der Waals surface area contributed by atoms with Crippen molar-refractivity contribution >= 4 is 49.8 Å². The van der Waals surface area contributed by atoms with E-state index in [0.29, 0.717) is 17.5 Å².